The van der Waals surface area contributed by atoms with Crippen molar-refractivity contribution in [3.8, 4) is 0 Å². The van der Waals surface area contributed by atoms with Gasteiger partial charge in [0.15, 0.2) is 0 Å². The third kappa shape index (κ3) is 4.14. The van der Waals surface area contributed by atoms with Crippen LogP contribution in [0.4, 0.5) is 0 Å². The van der Waals surface area contributed by atoms with Crippen molar-refractivity contribution in [1.82, 2.24) is 5.32 Å². The van der Waals surface area contributed by atoms with Crippen molar-refractivity contribution in [2.75, 3.05) is 0 Å². The molecule has 1 amide bonds. The summed E-state index contributed by atoms with van der Waals surface area (Å²) in [6.45, 7) is 5.72. The molecule has 0 aliphatic carbocycles. The van der Waals surface area contributed by atoms with E-state index < -0.39 is 12.0 Å². The number of carbonyl (C=O) groups is 2. The molecule has 1 rings (SSSR count). The summed E-state index contributed by atoms with van der Waals surface area (Å²) in [5.41, 5.74) is 0. The van der Waals surface area contributed by atoms with Crippen molar-refractivity contribution in [2.24, 2.45) is 5.92 Å². The molecule has 0 aliphatic heterocycles. The van der Waals surface area contributed by atoms with Crippen LogP contribution in [0, 0.1) is 12.8 Å². The topological polar surface area (TPSA) is 66.4 Å². The smallest absolute Gasteiger partial charge is 0.326 e. The largest absolute Gasteiger partial charge is 0.480 e. The first-order valence-electron chi connectivity index (χ1n) is 6.01. The maximum absolute atomic E-state index is 11.8. The second-order valence-corrected chi connectivity index (χ2v) is 5.83. The van der Waals surface area contributed by atoms with Crippen molar-refractivity contribution in [3.63, 3.8) is 0 Å². The van der Waals surface area contributed by atoms with Gasteiger partial charge in [0.1, 0.15) is 6.04 Å². The number of carboxylic acids is 1. The van der Waals surface area contributed by atoms with Gasteiger partial charge in [-0.3, -0.25) is 4.79 Å². The number of carboxylic acid groups (broad SMARTS) is 1. The van der Waals surface area contributed by atoms with E-state index in [-0.39, 0.29) is 18.2 Å². The highest BCUT2D eigenvalue weighted by molar-refractivity contribution is 7.12. The van der Waals surface area contributed by atoms with Crippen LogP contribution in [-0.2, 0) is 16.0 Å². The third-order valence-corrected chi connectivity index (χ3v) is 3.93. The van der Waals surface area contributed by atoms with Gasteiger partial charge in [0.05, 0.1) is 6.42 Å². The average Bonchev–Trinajstić information content (AvgIpc) is 2.70. The first-order chi connectivity index (χ1) is 8.43. The summed E-state index contributed by atoms with van der Waals surface area (Å²) in [4.78, 5) is 25.0. The normalized spacial score (nSPS) is 13.9. The number of aryl methyl sites for hydroxylation is 1. The van der Waals surface area contributed by atoms with Crippen molar-refractivity contribution in [2.45, 2.75) is 39.7 Å². The van der Waals surface area contributed by atoms with Gasteiger partial charge in [-0.2, -0.15) is 0 Å². The number of hydrogen-bond donors (Lipinski definition) is 2. The first-order valence-corrected chi connectivity index (χ1v) is 6.83. The highest BCUT2D eigenvalue weighted by Crippen LogP contribution is 2.16. The molecule has 1 heterocycles. The second-order valence-electron chi connectivity index (χ2n) is 4.46. The lowest BCUT2D eigenvalue weighted by molar-refractivity contribution is -0.143. The van der Waals surface area contributed by atoms with Crippen LogP contribution in [0.15, 0.2) is 12.1 Å². The molecule has 0 aromatic carbocycles. The average molecular weight is 269 g/mol. The Balaban J connectivity index is 2.59. The summed E-state index contributed by atoms with van der Waals surface area (Å²) in [5.74, 6) is -1.28. The third-order valence-electron chi connectivity index (χ3n) is 2.93. The molecule has 1 aromatic rings. The van der Waals surface area contributed by atoms with E-state index in [1.807, 2.05) is 32.9 Å². The molecule has 18 heavy (non-hydrogen) atoms. The van der Waals surface area contributed by atoms with Gasteiger partial charge >= 0.3 is 5.97 Å². The molecule has 0 bridgehead atoms. The molecule has 100 valence electrons. The minimum absolute atomic E-state index is 0.0727. The van der Waals surface area contributed by atoms with E-state index in [9.17, 15) is 9.59 Å². The van der Waals surface area contributed by atoms with E-state index in [1.165, 1.54) is 0 Å². The van der Waals surface area contributed by atoms with Gasteiger partial charge in [0.25, 0.3) is 0 Å². The van der Waals surface area contributed by atoms with E-state index in [2.05, 4.69) is 5.32 Å². The molecule has 0 radical (unpaired) electrons. The Labute approximate surface area is 111 Å². The lowest BCUT2D eigenvalue weighted by atomic mass is 9.99. The Bertz CT molecular complexity index is 428. The molecule has 0 saturated carbocycles. The number of thiophene rings is 1. The minimum Gasteiger partial charge on any atom is -0.480 e. The number of rotatable bonds is 6. The lowest BCUT2D eigenvalue weighted by Crippen LogP contribution is -2.45. The number of aliphatic carboxylic acids is 1. The zero-order valence-corrected chi connectivity index (χ0v) is 11.7. The van der Waals surface area contributed by atoms with Gasteiger partial charge in [-0.05, 0) is 25.0 Å². The first kappa shape index (κ1) is 14.7. The van der Waals surface area contributed by atoms with Crippen LogP contribution in [0.25, 0.3) is 0 Å². The molecule has 2 N–H and O–H groups in total. The molecule has 0 saturated heterocycles. The summed E-state index contributed by atoms with van der Waals surface area (Å²) in [5, 5.41) is 11.7. The quantitative estimate of drug-likeness (QED) is 0.832. The summed E-state index contributed by atoms with van der Waals surface area (Å²) in [6.07, 6.45) is 0.966. The zero-order chi connectivity index (χ0) is 13.7. The summed E-state index contributed by atoms with van der Waals surface area (Å²) in [6, 6.07) is 3.05. The minimum atomic E-state index is -0.972. The molecule has 0 unspecified atom stereocenters. The number of hydrogen-bond acceptors (Lipinski definition) is 3. The predicted octanol–water partition coefficient (Wildman–Crippen LogP) is 2.21. The van der Waals surface area contributed by atoms with E-state index in [1.54, 1.807) is 11.3 Å². The van der Waals surface area contributed by atoms with Crippen LogP contribution in [0.3, 0.4) is 0 Å². The van der Waals surface area contributed by atoms with Crippen LogP contribution in [0.5, 0.6) is 0 Å². The molecule has 1 aromatic heterocycles. The van der Waals surface area contributed by atoms with Crippen LogP contribution in [-0.4, -0.2) is 23.0 Å². The van der Waals surface area contributed by atoms with Gasteiger partial charge in [-0.25, -0.2) is 4.79 Å². The Morgan fingerprint density at radius 3 is 2.56 bits per heavy atom. The molecule has 0 fully saturated rings. The summed E-state index contributed by atoms with van der Waals surface area (Å²) >= 11 is 1.56. The summed E-state index contributed by atoms with van der Waals surface area (Å²) < 4.78 is 0. The van der Waals surface area contributed by atoms with Crippen molar-refractivity contribution >= 4 is 23.2 Å². The van der Waals surface area contributed by atoms with Crippen LogP contribution < -0.4 is 5.32 Å². The maximum atomic E-state index is 11.8. The standard InChI is InChI=1S/C13H19NO3S/c1-4-8(2)12(13(16)17)14-11(15)7-10-6-5-9(3)18-10/h5-6,8,12H,4,7H2,1-3H3,(H,14,15)(H,16,17)/t8-,12-/m0/s1. The number of nitrogens with one attached hydrogen (secondary N) is 1. The molecule has 0 spiro atoms. The van der Waals surface area contributed by atoms with Gasteiger partial charge in [-0.15, -0.1) is 11.3 Å². The fourth-order valence-corrected chi connectivity index (χ4v) is 2.53. The highest BCUT2D eigenvalue weighted by Gasteiger charge is 2.25. The Morgan fingerprint density at radius 2 is 2.11 bits per heavy atom. The van der Waals surface area contributed by atoms with E-state index >= 15 is 0 Å². The molecule has 2 atom stereocenters. The fraction of sp³-hybridized carbons (Fsp3) is 0.538. The molecule has 0 aliphatic rings. The monoisotopic (exact) mass is 269 g/mol. The van der Waals surface area contributed by atoms with E-state index in [4.69, 9.17) is 5.11 Å². The number of carbonyl (C=O) groups excluding carboxylic acids is 1. The summed E-state index contributed by atoms with van der Waals surface area (Å²) in [7, 11) is 0. The molecule has 5 heteroatoms. The maximum Gasteiger partial charge on any atom is 0.326 e. The molecular formula is C13H19NO3S. The second kappa shape index (κ2) is 6.54. The SMILES string of the molecule is CC[C@H](C)[C@H](NC(=O)Cc1ccc(C)s1)C(=O)O. The highest BCUT2D eigenvalue weighted by atomic mass is 32.1. The van der Waals surface area contributed by atoms with E-state index in [0.29, 0.717) is 0 Å². The van der Waals surface area contributed by atoms with Crippen molar-refractivity contribution in [1.29, 1.82) is 0 Å². The lowest BCUT2D eigenvalue weighted by Gasteiger charge is -2.19. The van der Waals surface area contributed by atoms with Crippen molar-refractivity contribution < 1.29 is 14.7 Å². The van der Waals surface area contributed by atoms with Crippen LogP contribution in [0.1, 0.15) is 30.0 Å². The molecule has 4 nitrogen and oxygen atoms in total. The van der Waals surface area contributed by atoms with E-state index in [0.717, 1.165) is 16.2 Å². The zero-order valence-electron chi connectivity index (χ0n) is 10.9. The van der Waals surface area contributed by atoms with Gasteiger partial charge in [0, 0.05) is 9.75 Å². The van der Waals surface area contributed by atoms with Gasteiger partial charge < -0.3 is 10.4 Å². The van der Waals surface area contributed by atoms with Crippen LogP contribution >= 0.6 is 11.3 Å². The Kier molecular flexibility index (Phi) is 5.34. The number of amides is 1. The fourth-order valence-electron chi connectivity index (χ4n) is 1.65. The van der Waals surface area contributed by atoms with Gasteiger partial charge in [0.2, 0.25) is 5.91 Å². The Morgan fingerprint density at radius 1 is 1.44 bits per heavy atom. The van der Waals surface area contributed by atoms with Crippen molar-refractivity contribution in [3.05, 3.63) is 21.9 Å². The Hall–Kier alpha value is -1.36. The predicted molar refractivity (Wildman–Crippen MR) is 71.8 cm³/mol. The van der Waals surface area contributed by atoms with Gasteiger partial charge in [-0.1, -0.05) is 20.3 Å². The molecular weight excluding hydrogens is 250 g/mol. The van der Waals surface area contributed by atoms with Crippen LogP contribution in [0.2, 0.25) is 0 Å².